The zero-order valence-electron chi connectivity index (χ0n) is 9.28. The molecule has 0 aliphatic carbocycles. The van der Waals surface area contributed by atoms with Crippen LogP contribution in [0.2, 0.25) is 0 Å². The van der Waals surface area contributed by atoms with Crippen molar-refractivity contribution >= 4 is 20.2 Å². The van der Waals surface area contributed by atoms with E-state index in [-0.39, 0.29) is 11.5 Å². The predicted octanol–water partition coefficient (Wildman–Crippen LogP) is 0.501. The number of benzene rings is 1. The lowest BCUT2D eigenvalue weighted by atomic mass is 10.2. The van der Waals surface area contributed by atoms with E-state index < -0.39 is 20.2 Å². The second-order valence-electron chi connectivity index (χ2n) is 3.30. The molecule has 1 aromatic rings. The standard InChI is InChI=1S/C9H12O6S2/c1-14-17(12,13)7-8-3-5-9(6-4-8)15-16(2,10)11/h3-6H,7H2,1-2H3. The lowest BCUT2D eigenvalue weighted by Gasteiger charge is -2.04. The molecule has 0 radical (unpaired) electrons. The maximum absolute atomic E-state index is 11.1. The van der Waals surface area contributed by atoms with Gasteiger partial charge >= 0.3 is 10.1 Å². The van der Waals surface area contributed by atoms with Gasteiger partial charge in [-0.3, -0.25) is 4.18 Å². The first-order valence-corrected chi connectivity index (χ1v) is 7.88. The Balaban J connectivity index is 2.82. The smallest absolute Gasteiger partial charge is 0.306 e. The molecule has 0 atom stereocenters. The molecule has 0 aromatic heterocycles. The molecule has 0 unspecified atom stereocenters. The Hall–Kier alpha value is -1.12. The zero-order valence-corrected chi connectivity index (χ0v) is 10.9. The molecule has 0 fully saturated rings. The third-order valence-corrected chi connectivity index (χ3v) is 3.46. The van der Waals surface area contributed by atoms with Crippen LogP contribution in [0.1, 0.15) is 5.56 Å². The topological polar surface area (TPSA) is 86.7 Å². The molecule has 6 nitrogen and oxygen atoms in total. The van der Waals surface area contributed by atoms with E-state index in [0.717, 1.165) is 13.4 Å². The van der Waals surface area contributed by atoms with E-state index >= 15 is 0 Å². The minimum absolute atomic E-state index is 0.131. The quantitative estimate of drug-likeness (QED) is 0.730. The largest absolute Gasteiger partial charge is 0.383 e. The van der Waals surface area contributed by atoms with Crippen molar-refractivity contribution in [3.63, 3.8) is 0 Å². The first-order valence-electron chi connectivity index (χ1n) is 4.48. The van der Waals surface area contributed by atoms with Gasteiger partial charge in [0.05, 0.1) is 13.4 Å². The molecule has 0 aliphatic rings. The van der Waals surface area contributed by atoms with Crippen LogP contribution in [0, 0.1) is 0 Å². The summed E-state index contributed by atoms with van der Waals surface area (Å²) < 4.78 is 52.8. The summed E-state index contributed by atoms with van der Waals surface area (Å²) in [6.07, 6.45) is 0.927. The van der Waals surface area contributed by atoms with Gasteiger partial charge in [0.15, 0.2) is 0 Å². The molecule has 0 saturated carbocycles. The molecule has 96 valence electrons. The highest BCUT2D eigenvalue weighted by molar-refractivity contribution is 7.86. The van der Waals surface area contributed by atoms with Crippen molar-refractivity contribution in [3.8, 4) is 5.75 Å². The number of rotatable bonds is 5. The molecule has 0 bridgehead atoms. The third-order valence-electron chi connectivity index (χ3n) is 1.77. The van der Waals surface area contributed by atoms with Gasteiger partial charge in [0.2, 0.25) is 0 Å². The van der Waals surface area contributed by atoms with Gasteiger partial charge in [-0.2, -0.15) is 16.8 Å². The van der Waals surface area contributed by atoms with Gasteiger partial charge in [-0.15, -0.1) is 0 Å². The second kappa shape index (κ2) is 5.03. The summed E-state index contributed by atoms with van der Waals surface area (Å²) in [5.74, 6) is -0.145. The molecule has 1 rings (SSSR count). The minimum Gasteiger partial charge on any atom is -0.383 e. The van der Waals surface area contributed by atoms with Crippen LogP contribution in [-0.2, 0) is 30.2 Å². The molecule has 0 saturated heterocycles. The van der Waals surface area contributed by atoms with Crippen molar-refractivity contribution in [2.75, 3.05) is 13.4 Å². The molecule has 0 N–H and O–H groups in total. The van der Waals surface area contributed by atoms with Crippen LogP contribution in [0.15, 0.2) is 24.3 Å². The lowest BCUT2D eigenvalue weighted by molar-refractivity contribution is 0.397. The molecule has 1 aromatic carbocycles. The normalized spacial score (nSPS) is 12.4. The third kappa shape index (κ3) is 5.16. The van der Waals surface area contributed by atoms with Gasteiger partial charge in [-0.1, -0.05) is 12.1 Å². The van der Waals surface area contributed by atoms with E-state index in [2.05, 4.69) is 8.37 Å². The molecular formula is C9H12O6S2. The molecule has 0 heterocycles. The summed E-state index contributed by atoms with van der Waals surface area (Å²) >= 11 is 0. The van der Waals surface area contributed by atoms with Gasteiger partial charge < -0.3 is 4.18 Å². The monoisotopic (exact) mass is 280 g/mol. The van der Waals surface area contributed by atoms with E-state index in [9.17, 15) is 16.8 Å². The van der Waals surface area contributed by atoms with Crippen LogP contribution >= 0.6 is 0 Å². The SMILES string of the molecule is COS(=O)(=O)Cc1ccc(OS(C)(=O)=O)cc1. The zero-order chi connectivity index (χ0) is 13.1. The van der Waals surface area contributed by atoms with Crippen molar-refractivity contribution in [2.24, 2.45) is 0 Å². The summed E-state index contributed by atoms with van der Waals surface area (Å²) in [4.78, 5) is 0. The minimum atomic E-state index is -3.58. The summed E-state index contributed by atoms with van der Waals surface area (Å²) in [6, 6.07) is 5.66. The Morgan fingerprint density at radius 1 is 1.06 bits per heavy atom. The molecule has 8 heteroatoms. The highest BCUT2D eigenvalue weighted by Gasteiger charge is 2.10. The fourth-order valence-electron chi connectivity index (χ4n) is 1.08. The number of hydrogen-bond donors (Lipinski definition) is 0. The summed E-state index contributed by atoms with van der Waals surface area (Å²) in [5, 5.41) is 0. The molecule has 0 amide bonds. The van der Waals surface area contributed by atoms with Crippen molar-refractivity contribution in [1.29, 1.82) is 0 Å². The average Bonchev–Trinajstić information content (AvgIpc) is 2.19. The fraction of sp³-hybridized carbons (Fsp3) is 0.333. The summed E-state index contributed by atoms with van der Waals surface area (Å²) in [5.41, 5.74) is 0.479. The Morgan fingerprint density at radius 3 is 2.00 bits per heavy atom. The van der Waals surface area contributed by atoms with Crippen LogP contribution in [0.5, 0.6) is 5.75 Å². The van der Waals surface area contributed by atoms with Gasteiger partial charge in [0.1, 0.15) is 11.5 Å². The predicted molar refractivity (Wildman–Crippen MR) is 61.5 cm³/mol. The highest BCUT2D eigenvalue weighted by Crippen LogP contribution is 2.15. The van der Waals surface area contributed by atoms with Crippen molar-refractivity contribution < 1.29 is 25.2 Å². The van der Waals surface area contributed by atoms with Crippen molar-refractivity contribution in [1.82, 2.24) is 0 Å². The molecular weight excluding hydrogens is 268 g/mol. The fourth-order valence-corrected chi connectivity index (χ4v) is 2.26. The Labute approximate surface area is 100 Å². The summed E-state index contributed by atoms with van der Waals surface area (Å²) in [6.45, 7) is 0. The van der Waals surface area contributed by atoms with Gasteiger partial charge in [0, 0.05) is 0 Å². The molecule has 0 spiro atoms. The molecule has 0 aliphatic heterocycles. The maximum atomic E-state index is 11.1. The van der Waals surface area contributed by atoms with Crippen LogP contribution in [0.25, 0.3) is 0 Å². The van der Waals surface area contributed by atoms with Crippen LogP contribution in [-0.4, -0.2) is 30.2 Å². The van der Waals surface area contributed by atoms with Gasteiger partial charge in [0.25, 0.3) is 10.1 Å². The van der Waals surface area contributed by atoms with Crippen LogP contribution in [0.4, 0.5) is 0 Å². The second-order valence-corrected chi connectivity index (χ2v) is 6.61. The Bertz CT molecular complexity index is 570. The first-order chi connectivity index (χ1) is 7.72. The molecule has 17 heavy (non-hydrogen) atoms. The Kier molecular flexibility index (Phi) is 4.12. The van der Waals surface area contributed by atoms with E-state index in [1.807, 2.05) is 0 Å². The maximum Gasteiger partial charge on any atom is 0.306 e. The summed E-state index contributed by atoms with van der Waals surface area (Å²) in [7, 11) is -6.07. The average molecular weight is 280 g/mol. The lowest BCUT2D eigenvalue weighted by Crippen LogP contribution is -2.07. The van der Waals surface area contributed by atoms with Crippen LogP contribution in [0.3, 0.4) is 0 Å². The van der Waals surface area contributed by atoms with Gasteiger partial charge in [-0.05, 0) is 17.7 Å². The van der Waals surface area contributed by atoms with E-state index in [1.165, 1.54) is 24.3 Å². The van der Waals surface area contributed by atoms with Crippen LogP contribution < -0.4 is 4.18 Å². The van der Waals surface area contributed by atoms with E-state index in [0.29, 0.717) is 5.56 Å². The first kappa shape index (κ1) is 13.9. The van der Waals surface area contributed by atoms with Gasteiger partial charge in [-0.25, -0.2) is 0 Å². The highest BCUT2D eigenvalue weighted by atomic mass is 32.2. The number of hydrogen-bond acceptors (Lipinski definition) is 6. The van der Waals surface area contributed by atoms with E-state index in [4.69, 9.17) is 0 Å². The van der Waals surface area contributed by atoms with Crippen molar-refractivity contribution in [2.45, 2.75) is 5.75 Å². The van der Waals surface area contributed by atoms with Crippen molar-refractivity contribution in [3.05, 3.63) is 29.8 Å². The Morgan fingerprint density at radius 2 is 1.59 bits per heavy atom. The van der Waals surface area contributed by atoms with E-state index in [1.54, 1.807) is 0 Å².